The summed E-state index contributed by atoms with van der Waals surface area (Å²) in [7, 11) is 0. The van der Waals surface area contributed by atoms with Crippen LogP contribution in [-0.2, 0) is 10.8 Å². The van der Waals surface area contributed by atoms with Crippen molar-refractivity contribution in [3.63, 3.8) is 0 Å². The number of hydrogen-bond acceptors (Lipinski definition) is 2. The minimum absolute atomic E-state index is 0.145. The highest BCUT2D eigenvalue weighted by Gasteiger charge is 2.38. The predicted octanol–water partition coefficient (Wildman–Crippen LogP) is 17.0. The molecule has 2 nitrogen and oxygen atoms in total. The average molecular weight is 809 g/mol. The molecule has 0 bridgehead atoms. The first-order valence-electron chi connectivity index (χ1n) is 22.3. The van der Waals surface area contributed by atoms with Gasteiger partial charge < -0.3 is 9.80 Å². The summed E-state index contributed by atoms with van der Waals surface area (Å²) in [5.74, 6) is 0. The van der Waals surface area contributed by atoms with Gasteiger partial charge in [0, 0.05) is 22.2 Å². The smallest absolute Gasteiger partial charge is 0.0502 e. The summed E-state index contributed by atoms with van der Waals surface area (Å²) in [6.45, 7) is 11.7. The second kappa shape index (κ2) is 13.8. The van der Waals surface area contributed by atoms with Crippen molar-refractivity contribution in [2.45, 2.75) is 45.4 Å². The fourth-order valence-corrected chi connectivity index (χ4v) is 11.3. The largest absolute Gasteiger partial charge is 0.310 e. The molecule has 0 fully saturated rings. The third-order valence-corrected chi connectivity index (χ3v) is 14.3. The molecule has 10 aromatic rings. The van der Waals surface area contributed by atoms with E-state index in [9.17, 15) is 0 Å². The topological polar surface area (TPSA) is 6.48 Å². The molecule has 0 saturated heterocycles. The quantitative estimate of drug-likeness (QED) is 0.163. The SMILES string of the molecule is Cc1ccccc1-c1c2cc(N3c4ccccc4C(C)(C)c4ccccc43)ccc2c(-c2cccc3ccccc23)c2cc(N3c4ccccc4C(C)(C)c4ccccc43)ccc12. The number of fused-ring (bicyclic) bond motifs is 7. The van der Waals surface area contributed by atoms with Crippen LogP contribution in [0.4, 0.5) is 34.1 Å². The molecule has 0 unspecified atom stereocenters. The number of aryl methyl sites for hydroxylation is 1. The van der Waals surface area contributed by atoms with Gasteiger partial charge in [-0.2, -0.15) is 0 Å². The minimum atomic E-state index is -0.147. The first-order chi connectivity index (χ1) is 30.7. The Bertz CT molecular complexity index is 3390. The lowest BCUT2D eigenvalue weighted by molar-refractivity contribution is 0.632. The van der Waals surface area contributed by atoms with Gasteiger partial charge in [-0.15, -0.1) is 0 Å². The molecular formula is C61H48N2. The van der Waals surface area contributed by atoms with Crippen LogP contribution >= 0.6 is 0 Å². The Hall–Kier alpha value is -7.42. The summed E-state index contributed by atoms with van der Waals surface area (Å²) in [6.07, 6.45) is 0. The number of rotatable bonds is 4. The number of hydrogen-bond donors (Lipinski definition) is 0. The van der Waals surface area contributed by atoms with E-state index in [1.165, 1.54) is 105 Å². The van der Waals surface area contributed by atoms with E-state index in [0.717, 1.165) is 11.4 Å². The number of benzene rings is 10. The van der Waals surface area contributed by atoms with Gasteiger partial charge >= 0.3 is 0 Å². The van der Waals surface area contributed by atoms with Crippen molar-refractivity contribution in [1.29, 1.82) is 0 Å². The molecule has 12 rings (SSSR count). The molecule has 63 heavy (non-hydrogen) atoms. The second-order valence-corrected chi connectivity index (χ2v) is 18.5. The van der Waals surface area contributed by atoms with E-state index in [-0.39, 0.29) is 10.8 Å². The molecule has 0 radical (unpaired) electrons. The van der Waals surface area contributed by atoms with Crippen LogP contribution in [0.25, 0.3) is 54.6 Å². The van der Waals surface area contributed by atoms with Gasteiger partial charge in [0.05, 0.1) is 22.7 Å². The Balaban J connectivity index is 1.21. The molecule has 302 valence electrons. The molecule has 2 aliphatic heterocycles. The van der Waals surface area contributed by atoms with E-state index in [1.54, 1.807) is 0 Å². The standard InChI is InChI=1S/C61H48N2/c1-39-19-6-8-22-43(39)58-46-35-33-42(63-56-31-16-12-27-52(56)61(4,5)53-28-13-17-32-57(53)63)38-49(46)59(45-24-18-21-40-20-7-9-23-44(40)45)47-36-34-41(37-48(47)58)62-54-29-14-10-25-50(54)60(2,3)51-26-11-15-30-55(51)62/h6-38H,1-5H3. The van der Waals surface area contributed by atoms with E-state index < -0.39 is 0 Å². The van der Waals surface area contributed by atoms with Gasteiger partial charge in [0.2, 0.25) is 0 Å². The zero-order valence-electron chi connectivity index (χ0n) is 36.4. The van der Waals surface area contributed by atoms with Gasteiger partial charge in [-0.3, -0.25) is 0 Å². The van der Waals surface area contributed by atoms with E-state index in [0.29, 0.717) is 0 Å². The zero-order chi connectivity index (χ0) is 42.6. The molecule has 10 aromatic carbocycles. The minimum Gasteiger partial charge on any atom is -0.310 e. The molecule has 2 heterocycles. The van der Waals surface area contributed by atoms with E-state index >= 15 is 0 Å². The van der Waals surface area contributed by atoms with Crippen molar-refractivity contribution in [2.24, 2.45) is 0 Å². The van der Waals surface area contributed by atoms with Crippen LogP contribution in [0.15, 0.2) is 200 Å². The molecule has 2 heteroatoms. The van der Waals surface area contributed by atoms with E-state index in [1.807, 2.05) is 0 Å². The summed E-state index contributed by atoms with van der Waals surface area (Å²) in [5, 5.41) is 7.42. The second-order valence-electron chi connectivity index (χ2n) is 18.5. The monoisotopic (exact) mass is 808 g/mol. The van der Waals surface area contributed by atoms with Crippen LogP contribution in [0, 0.1) is 6.92 Å². The highest BCUT2D eigenvalue weighted by Crippen LogP contribution is 2.56. The Morgan fingerprint density at radius 1 is 0.317 bits per heavy atom. The maximum atomic E-state index is 2.50. The molecule has 0 saturated carbocycles. The van der Waals surface area contributed by atoms with Gasteiger partial charge in [0.25, 0.3) is 0 Å². The van der Waals surface area contributed by atoms with Crippen molar-refractivity contribution < 1.29 is 0 Å². The number of anilines is 6. The Morgan fingerprint density at radius 3 is 1.19 bits per heavy atom. The van der Waals surface area contributed by atoms with Crippen LogP contribution in [-0.4, -0.2) is 0 Å². The van der Waals surface area contributed by atoms with Crippen LogP contribution in [0.5, 0.6) is 0 Å². The van der Waals surface area contributed by atoms with Gasteiger partial charge in [0.15, 0.2) is 0 Å². The zero-order valence-corrected chi connectivity index (χ0v) is 36.4. The summed E-state index contributed by atoms with van der Waals surface area (Å²) < 4.78 is 0. The molecule has 0 atom stereocenters. The van der Waals surface area contributed by atoms with E-state index in [2.05, 4.69) is 245 Å². The van der Waals surface area contributed by atoms with Crippen molar-refractivity contribution in [3.8, 4) is 22.3 Å². The summed E-state index contributed by atoms with van der Waals surface area (Å²) in [4.78, 5) is 4.99. The average Bonchev–Trinajstić information content (AvgIpc) is 3.31. The molecule has 0 aromatic heterocycles. The first kappa shape index (κ1) is 37.4. The van der Waals surface area contributed by atoms with Crippen LogP contribution < -0.4 is 9.80 Å². The Labute approximate surface area is 370 Å². The number of para-hydroxylation sites is 4. The van der Waals surface area contributed by atoms with Crippen molar-refractivity contribution in [2.75, 3.05) is 9.80 Å². The fourth-order valence-electron chi connectivity index (χ4n) is 11.3. The molecule has 0 aliphatic carbocycles. The van der Waals surface area contributed by atoms with E-state index in [4.69, 9.17) is 0 Å². The lowest BCUT2D eigenvalue weighted by Gasteiger charge is -2.42. The normalized spacial score (nSPS) is 14.6. The molecule has 2 aliphatic rings. The van der Waals surface area contributed by atoms with Crippen molar-refractivity contribution in [3.05, 3.63) is 228 Å². The van der Waals surface area contributed by atoms with Gasteiger partial charge in [0.1, 0.15) is 0 Å². The number of nitrogens with zero attached hydrogens (tertiary/aromatic N) is 2. The molecule has 0 N–H and O–H groups in total. The fraction of sp³-hybridized carbons (Fsp3) is 0.115. The first-order valence-corrected chi connectivity index (χ1v) is 22.3. The predicted molar refractivity (Wildman–Crippen MR) is 268 cm³/mol. The Kier molecular flexibility index (Phi) is 8.18. The lowest BCUT2D eigenvalue weighted by atomic mass is 9.73. The van der Waals surface area contributed by atoms with Crippen molar-refractivity contribution >= 4 is 66.4 Å². The van der Waals surface area contributed by atoms with Crippen LogP contribution in [0.3, 0.4) is 0 Å². The van der Waals surface area contributed by atoms with Crippen LogP contribution in [0.1, 0.15) is 55.5 Å². The highest BCUT2D eigenvalue weighted by atomic mass is 15.2. The van der Waals surface area contributed by atoms with Crippen molar-refractivity contribution in [1.82, 2.24) is 0 Å². The van der Waals surface area contributed by atoms with Crippen LogP contribution in [0.2, 0.25) is 0 Å². The highest BCUT2D eigenvalue weighted by molar-refractivity contribution is 6.25. The van der Waals surface area contributed by atoms with Gasteiger partial charge in [-0.1, -0.05) is 179 Å². The van der Waals surface area contributed by atoms with Gasteiger partial charge in [-0.25, -0.2) is 0 Å². The summed E-state index contributed by atoms with van der Waals surface area (Å²) in [6, 6.07) is 74.9. The third kappa shape index (κ3) is 5.44. The van der Waals surface area contributed by atoms with Gasteiger partial charge in [-0.05, 0) is 138 Å². The molecule has 0 spiro atoms. The maximum absolute atomic E-state index is 2.50. The summed E-state index contributed by atoms with van der Waals surface area (Å²) >= 11 is 0. The molecule has 0 amide bonds. The lowest BCUT2D eigenvalue weighted by Crippen LogP contribution is -2.30. The maximum Gasteiger partial charge on any atom is 0.0502 e. The molecular weight excluding hydrogens is 761 g/mol. The summed E-state index contributed by atoms with van der Waals surface area (Å²) in [5.41, 5.74) is 18.5. The third-order valence-electron chi connectivity index (χ3n) is 14.3. The Morgan fingerprint density at radius 2 is 0.698 bits per heavy atom.